The predicted octanol–water partition coefficient (Wildman–Crippen LogP) is 2.57. The van der Waals surface area contributed by atoms with Crippen molar-refractivity contribution in [3.8, 4) is 0 Å². The lowest BCUT2D eigenvalue weighted by molar-refractivity contribution is 0.316. The number of hydrogen-bond donors (Lipinski definition) is 3. The average molecular weight is 526 g/mol. The van der Waals surface area contributed by atoms with Crippen molar-refractivity contribution in [1.29, 1.82) is 0 Å². The van der Waals surface area contributed by atoms with Gasteiger partial charge in [-0.2, -0.15) is 0 Å². The molecule has 2 rings (SSSR count). The van der Waals surface area contributed by atoms with Gasteiger partial charge >= 0.3 is 0 Å². The van der Waals surface area contributed by atoms with Gasteiger partial charge in [0.15, 0.2) is 5.96 Å². The molecule has 0 unspecified atom stereocenters. The summed E-state index contributed by atoms with van der Waals surface area (Å²) in [7, 11) is -3.28. The van der Waals surface area contributed by atoms with Crippen LogP contribution < -0.4 is 15.4 Å². The third-order valence-corrected chi connectivity index (χ3v) is 6.11. The second kappa shape index (κ2) is 12.6. The Kier molecular flexibility index (Phi) is 11.3. The Bertz CT molecular complexity index is 739. The molecule has 160 valence electrons. The number of benzene rings is 1. The van der Waals surface area contributed by atoms with Gasteiger partial charge in [-0.15, -0.1) is 24.0 Å². The molecule has 1 aliphatic carbocycles. The minimum Gasteiger partial charge on any atom is -0.357 e. The maximum absolute atomic E-state index is 13.2. The number of nitrogens with zero attached hydrogens (tertiary/aromatic N) is 1. The second-order valence-electron chi connectivity index (χ2n) is 6.97. The molecule has 1 aromatic carbocycles. The SMILES string of the molecule is CCNC(=NCCS(=O)(=O)NCC1CCC1)NCCc1ccc(F)cc1C.I. The molecular weight excluding hydrogens is 494 g/mol. The summed E-state index contributed by atoms with van der Waals surface area (Å²) in [4.78, 5) is 4.34. The molecule has 0 bridgehead atoms. The molecule has 1 aliphatic rings. The largest absolute Gasteiger partial charge is 0.357 e. The zero-order valence-electron chi connectivity index (χ0n) is 16.6. The van der Waals surface area contributed by atoms with Crippen LogP contribution in [0, 0.1) is 18.7 Å². The quantitative estimate of drug-likeness (QED) is 0.249. The van der Waals surface area contributed by atoms with Gasteiger partial charge in [-0.3, -0.25) is 4.99 Å². The van der Waals surface area contributed by atoms with Crippen LogP contribution in [-0.4, -0.2) is 46.3 Å². The molecule has 0 heterocycles. The first-order valence-electron chi connectivity index (χ1n) is 9.64. The molecule has 0 aliphatic heterocycles. The second-order valence-corrected chi connectivity index (χ2v) is 8.90. The molecule has 3 N–H and O–H groups in total. The highest BCUT2D eigenvalue weighted by atomic mass is 127. The highest BCUT2D eigenvalue weighted by Crippen LogP contribution is 2.25. The number of rotatable bonds is 10. The van der Waals surface area contributed by atoms with Gasteiger partial charge in [0.05, 0.1) is 12.3 Å². The van der Waals surface area contributed by atoms with Crippen molar-refractivity contribution in [2.75, 3.05) is 31.9 Å². The van der Waals surface area contributed by atoms with Gasteiger partial charge < -0.3 is 10.6 Å². The van der Waals surface area contributed by atoms with Crippen LogP contribution in [0.1, 0.15) is 37.3 Å². The first-order valence-corrected chi connectivity index (χ1v) is 11.3. The van der Waals surface area contributed by atoms with Crippen LogP contribution in [0.25, 0.3) is 0 Å². The van der Waals surface area contributed by atoms with E-state index in [1.54, 1.807) is 6.07 Å². The van der Waals surface area contributed by atoms with Crippen LogP contribution in [0.15, 0.2) is 23.2 Å². The van der Waals surface area contributed by atoms with Gasteiger partial charge in [0.25, 0.3) is 0 Å². The fourth-order valence-electron chi connectivity index (χ4n) is 2.89. The van der Waals surface area contributed by atoms with E-state index < -0.39 is 10.0 Å². The van der Waals surface area contributed by atoms with E-state index >= 15 is 0 Å². The third-order valence-electron chi connectivity index (χ3n) is 4.78. The summed E-state index contributed by atoms with van der Waals surface area (Å²) in [5, 5.41) is 6.31. The van der Waals surface area contributed by atoms with Crippen LogP contribution in [-0.2, 0) is 16.4 Å². The van der Waals surface area contributed by atoms with Gasteiger partial charge in [0.2, 0.25) is 10.0 Å². The summed E-state index contributed by atoms with van der Waals surface area (Å²) in [6.45, 7) is 5.91. The smallest absolute Gasteiger partial charge is 0.213 e. The molecule has 0 amide bonds. The molecule has 1 saturated carbocycles. The van der Waals surface area contributed by atoms with Crippen molar-refractivity contribution in [1.82, 2.24) is 15.4 Å². The summed E-state index contributed by atoms with van der Waals surface area (Å²) in [6.07, 6.45) is 4.16. The Hall–Kier alpha value is -0.940. The number of aliphatic imine (C=N–C) groups is 1. The Morgan fingerprint density at radius 2 is 2.04 bits per heavy atom. The van der Waals surface area contributed by atoms with Crippen molar-refractivity contribution in [2.24, 2.45) is 10.9 Å². The molecular formula is C19H32FIN4O2S. The summed E-state index contributed by atoms with van der Waals surface area (Å²) in [5.41, 5.74) is 1.99. The number of guanidine groups is 1. The highest BCUT2D eigenvalue weighted by Gasteiger charge is 2.19. The van der Waals surface area contributed by atoms with Crippen LogP contribution in [0.5, 0.6) is 0 Å². The van der Waals surface area contributed by atoms with Crippen LogP contribution in [0.3, 0.4) is 0 Å². The van der Waals surface area contributed by atoms with Gasteiger partial charge in [0, 0.05) is 19.6 Å². The van der Waals surface area contributed by atoms with Crippen molar-refractivity contribution < 1.29 is 12.8 Å². The van der Waals surface area contributed by atoms with Gasteiger partial charge in [-0.25, -0.2) is 17.5 Å². The lowest BCUT2D eigenvalue weighted by Gasteiger charge is -2.25. The van der Waals surface area contributed by atoms with E-state index in [0.29, 0.717) is 31.5 Å². The Labute approximate surface area is 185 Å². The normalized spacial score (nSPS) is 14.9. The van der Waals surface area contributed by atoms with Crippen molar-refractivity contribution in [3.63, 3.8) is 0 Å². The van der Waals surface area contributed by atoms with Crippen molar-refractivity contribution in [2.45, 2.75) is 39.5 Å². The van der Waals surface area contributed by atoms with Gasteiger partial charge in [-0.05, 0) is 62.3 Å². The Balaban J connectivity index is 0.00000392. The lowest BCUT2D eigenvalue weighted by atomic mass is 9.86. The number of nitrogens with one attached hydrogen (secondary N) is 3. The van der Waals surface area contributed by atoms with E-state index in [9.17, 15) is 12.8 Å². The molecule has 1 fully saturated rings. The topological polar surface area (TPSA) is 82.6 Å². The molecule has 0 spiro atoms. The predicted molar refractivity (Wildman–Crippen MR) is 123 cm³/mol. The summed E-state index contributed by atoms with van der Waals surface area (Å²) in [6, 6.07) is 4.77. The number of halogens is 2. The first-order chi connectivity index (χ1) is 12.9. The molecule has 0 radical (unpaired) electrons. The van der Waals surface area contributed by atoms with E-state index in [1.165, 1.54) is 18.6 Å². The lowest BCUT2D eigenvalue weighted by Crippen LogP contribution is -2.39. The van der Waals surface area contributed by atoms with E-state index in [0.717, 1.165) is 30.4 Å². The summed E-state index contributed by atoms with van der Waals surface area (Å²) in [5.74, 6) is 0.836. The molecule has 0 aromatic heterocycles. The minimum atomic E-state index is -3.28. The fraction of sp³-hybridized carbons (Fsp3) is 0.632. The van der Waals surface area contributed by atoms with Crippen LogP contribution in [0.2, 0.25) is 0 Å². The van der Waals surface area contributed by atoms with E-state index in [4.69, 9.17) is 0 Å². The third kappa shape index (κ3) is 9.04. The first kappa shape index (κ1) is 25.1. The molecule has 6 nitrogen and oxygen atoms in total. The van der Waals surface area contributed by atoms with E-state index in [-0.39, 0.29) is 42.1 Å². The zero-order chi connectivity index (χ0) is 19.7. The molecule has 9 heteroatoms. The van der Waals surface area contributed by atoms with Gasteiger partial charge in [-0.1, -0.05) is 12.5 Å². The summed E-state index contributed by atoms with van der Waals surface area (Å²) < 4.78 is 39.9. The monoisotopic (exact) mass is 526 g/mol. The number of sulfonamides is 1. The Morgan fingerprint density at radius 3 is 2.64 bits per heavy atom. The van der Waals surface area contributed by atoms with Gasteiger partial charge in [0.1, 0.15) is 5.82 Å². The highest BCUT2D eigenvalue weighted by molar-refractivity contribution is 14.0. The van der Waals surface area contributed by atoms with E-state index in [2.05, 4.69) is 20.3 Å². The standard InChI is InChI=1S/C19H31FN4O2S.HI/c1-3-21-19(22-10-9-17-7-8-18(20)13-15(17)2)23-11-12-27(25,26)24-14-16-5-4-6-16;/h7-8,13,16,24H,3-6,9-12,14H2,1-2H3,(H2,21,22,23);1H. The average Bonchev–Trinajstić information content (AvgIpc) is 2.55. The fourth-order valence-corrected chi connectivity index (χ4v) is 3.85. The van der Waals surface area contributed by atoms with Crippen LogP contribution >= 0.6 is 24.0 Å². The maximum atomic E-state index is 13.2. The Morgan fingerprint density at radius 1 is 1.29 bits per heavy atom. The molecule has 0 saturated heterocycles. The van der Waals surface area contributed by atoms with E-state index in [1.807, 2.05) is 13.8 Å². The molecule has 1 aromatic rings. The zero-order valence-corrected chi connectivity index (χ0v) is 19.8. The van der Waals surface area contributed by atoms with Crippen LogP contribution in [0.4, 0.5) is 4.39 Å². The number of aryl methyl sites for hydroxylation is 1. The summed E-state index contributed by atoms with van der Waals surface area (Å²) >= 11 is 0. The van der Waals surface area contributed by atoms with Crippen molar-refractivity contribution in [3.05, 3.63) is 35.1 Å². The molecule has 0 atom stereocenters. The van der Waals surface area contributed by atoms with Crippen molar-refractivity contribution >= 4 is 40.0 Å². The number of hydrogen-bond acceptors (Lipinski definition) is 3. The molecule has 28 heavy (non-hydrogen) atoms. The maximum Gasteiger partial charge on any atom is 0.213 e. The minimum absolute atomic E-state index is 0.